The van der Waals surface area contributed by atoms with Crippen molar-refractivity contribution < 1.29 is 9.84 Å². The minimum Gasteiger partial charge on any atom is -0.396 e. The number of aliphatic hydroxyl groups excluding tert-OH is 1. The van der Waals surface area contributed by atoms with E-state index >= 15 is 0 Å². The molecule has 1 heterocycles. The molecule has 2 atom stereocenters. The van der Waals surface area contributed by atoms with Crippen LogP contribution in [0, 0.1) is 5.92 Å². The summed E-state index contributed by atoms with van der Waals surface area (Å²) >= 11 is 0. The molecule has 2 unspecified atom stereocenters. The molecular formula is C14H20O2. The van der Waals surface area contributed by atoms with Crippen LogP contribution in [0.1, 0.15) is 24.8 Å². The fourth-order valence-corrected chi connectivity index (χ4v) is 2.38. The van der Waals surface area contributed by atoms with Gasteiger partial charge < -0.3 is 9.84 Å². The molecule has 1 fully saturated rings. The predicted octanol–water partition coefficient (Wildman–Crippen LogP) is 2.41. The standard InChI is InChI=1S/C14H20O2/c15-11-13-7-4-10-16-14(13)9-8-12-5-2-1-3-6-12/h1-3,5-6,13-15H,4,7-11H2. The maximum absolute atomic E-state index is 9.28. The molecule has 1 saturated heterocycles. The van der Waals surface area contributed by atoms with E-state index in [0.29, 0.717) is 5.92 Å². The molecule has 16 heavy (non-hydrogen) atoms. The van der Waals surface area contributed by atoms with E-state index in [0.717, 1.165) is 32.3 Å². The van der Waals surface area contributed by atoms with Crippen LogP contribution in [0.5, 0.6) is 0 Å². The normalized spacial score (nSPS) is 25.6. The Morgan fingerprint density at radius 2 is 2.06 bits per heavy atom. The summed E-state index contributed by atoms with van der Waals surface area (Å²) in [5.74, 6) is 0.345. The average Bonchev–Trinajstić information content (AvgIpc) is 2.38. The molecule has 0 aromatic heterocycles. The van der Waals surface area contributed by atoms with Crippen LogP contribution in [0.2, 0.25) is 0 Å². The SMILES string of the molecule is OCC1CCCOC1CCc1ccccc1. The number of hydrogen-bond acceptors (Lipinski definition) is 2. The molecule has 1 aliphatic rings. The third kappa shape index (κ3) is 3.06. The molecule has 0 bridgehead atoms. The van der Waals surface area contributed by atoms with Crippen molar-refractivity contribution in [2.24, 2.45) is 5.92 Å². The van der Waals surface area contributed by atoms with E-state index in [1.807, 2.05) is 6.07 Å². The van der Waals surface area contributed by atoms with Crippen molar-refractivity contribution in [3.63, 3.8) is 0 Å². The third-order valence-electron chi connectivity index (χ3n) is 3.37. The van der Waals surface area contributed by atoms with Gasteiger partial charge in [0.1, 0.15) is 0 Å². The van der Waals surface area contributed by atoms with Gasteiger partial charge in [-0.2, -0.15) is 0 Å². The lowest BCUT2D eigenvalue weighted by Crippen LogP contribution is -2.32. The highest BCUT2D eigenvalue weighted by atomic mass is 16.5. The van der Waals surface area contributed by atoms with Gasteiger partial charge in [-0.3, -0.25) is 0 Å². The van der Waals surface area contributed by atoms with Crippen LogP contribution in [-0.4, -0.2) is 24.4 Å². The minimum atomic E-state index is 0.249. The second kappa shape index (κ2) is 6.02. The first kappa shape index (κ1) is 11.6. The molecule has 1 aliphatic heterocycles. The number of rotatable bonds is 4. The molecule has 1 aromatic rings. The Labute approximate surface area is 97.3 Å². The fraction of sp³-hybridized carbons (Fsp3) is 0.571. The number of benzene rings is 1. The lowest BCUT2D eigenvalue weighted by Gasteiger charge is -2.30. The average molecular weight is 220 g/mol. The number of aryl methyl sites for hydroxylation is 1. The molecule has 1 N–H and O–H groups in total. The van der Waals surface area contributed by atoms with Crippen molar-refractivity contribution in [2.45, 2.75) is 31.8 Å². The largest absolute Gasteiger partial charge is 0.396 e. The molecule has 1 aromatic carbocycles. The first-order valence-electron chi connectivity index (χ1n) is 6.16. The highest BCUT2D eigenvalue weighted by molar-refractivity contribution is 5.14. The summed E-state index contributed by atoms with van der Waals surface area (Å²) in [6.45, 7) is 1.12. The Kier molecular flexibility index (Phi) is 4.37. The molecule has 0 aliphatic carbocycles. The van der Waals surface area contributed by atoms with Crippen LogP contribution in [0.4, 0.5) is 0 Å². The lowest BCUT2D eigenvalue weighted by molar-refractivity contribution is -0.0471. The molecule has 0 spiro atoms. The zero-order chi connectivity index (χ0) is 11.2. The Bertz CT molecular complexity index is 297. The van der Waals surface area contributed by atoms with Gasteiger partial charge in [-0.25, -0.2) is 0 Å². The molecule has 0 radical (unpaired) electrons. The number of ether oxygens (including phenoxy) is 1. The summed E-state index contributed by atoms with van der Waals surface area (Å²) in [5, 5.41) is 9.28. The molecule has 2 rings (SSSR count). The van der Waals surface area contributed by atoms with Gasteiger partial charge >= 0.3 is 0 Å². The number of aliphatic hydroxyl groups is 1. The van der Waals surface area contributed by atoms with Gasteiger partial charge in [-0.05, 0) is 31.2 Å². The van der Waals surface area contributed by atoms with E-state index in [1.54, 1.807) is 0 Å². The van der Waals surface area contributed by atoms with Gasteiger partial charge in [0.05, 0.1) is 6.10 Å². The summed E-state index contributed by atoms with van der Waals surface area (Å²) in [4.78, 5) is 0. The van der Waals surface area contributed by atoms with Gasteiger partial charge in [0.15, 0.2) is 0 Å². The van der Waals surface area contributed by atoms with Crippen LogP contribution in [0.15, 0.2) is 30.3 Å². The Morgan fingerprint density at radius 1 is 1.25 bits per heavy atom. The lowest BCUT2D eigenvalue weighted by atomic mass is 9.91. The van der Waals surface area contributed by atoms with E-state index in [1.165, 1.54) is 5.56 Å². The smallest absolute Gasteiger partial charge is 0.0628 e. The van der Waals surface area contributed by atoms with E-state index < -0.39 is 0 Å². The predicted molar refractivity (Wildman–Crippen MR) is 64.3 cm³/mol. The van der Waals surface area contributed by atoms with Crippen LogP contribution >= 0.6 is 0 Å². The van der Waals surface area contributed by atoms with E-state index in [2.05, 4.69) is 24.3 Å². The maximum atomic E-state index is 9.28. The summed E-state index contributed by atoms with van der Waals surface area (Å²) < 4.78 is 5.74. The summed E-state index contributed by atoms with van der Waals surface area (Å²) in [6, 6.07) is 10.5. The second-order valence-electron chi connectivity index (χ2n) is 4.52. The quantitative estimate of drug-likeness (QED) is 0.844. The van der Waals surface area contributed by atoms with E-state index in [4.69, 9.17) is 4.74 Å². The maximum Gasteiger partial charge on any atom is 0.0628 e. The van der Waals surface area contributed by atoms with Crippen molar-refractivity contribution in [3.8, 4) is 0 Å². The van der Waals surface area contributed by atoms with Crippen molar-refractivity contribution in [2.75, 3.05) is 13.2 Å². The molecule has 88 valence electrons. The molecule has 2 heteroatoms. The zero-order valence-corrected chi connectivity index (χ0v) is 9.64. The first-order valence-corrected chi connectivity index (χ1v) is 6.16. The highest BCUT2D eigenvalue weighted by Gasteiger charge is 2.24. The van der Waals surface area contributed by atoms with Gasteiger partial charge in [0.2, 0.25) is 0 Å². The van der Waals surface area contributed by atoms with E-state index in [9.17, 15) is 5.11 Å². The summed E-state index contributed by atoms with van der Waals surface area (Å²) in [6.07, 6.45) is 4.51. The van der Waals surface area contributed by atoms with Crippen LogP contribution in [0.25, 0.3) is 0 Å². The van der Waals surface area contributed by atoms with Gasteiger partial charge in [-0.15, -0.1) is 0 Å². The fourth-order valence-electron chi connectivity index (χ4n) is 2.38. The van der Waals surface area contributed by atoms with E-state index in [-0.39, 0.29) is 12.7 Å². The first-order chi connectivity index (χ1) is 7.90. The van der Waals surface area contributed by atoms with Crippen molar-refractivity contribution in [1.29, 1.82) is 0 Å². The van der Waals surface area contributed by atoms with Crippen LogP contribution in [-0.2, 0) is 11.2 Å². The van der Waals surface area contributed by atoms with Gasteiger partial charge in [-0.1, -0.05) is 30.3 Å². The monoisotopic (exact) mass is 220 g/mol. The zero-order valence-electron chi connectivity index (χ0n) is 9.64. The molecule has 0 amide bonds. The van der Waals surface area contributed by atoms with Crippen LogP contribution < -0.4 is 0 Å². The topological polar surface area (TPSA) is 29.5 Å². The Morgan fingerprint density at radius 3 is 2.81 bits per heavy atom. The minimum absolute atomic E-state index is 0.249. The van der Waals surface area contributed by atoms with Crippen molar-refractivity contribution >= 4 is 0 Å². The summed E-state index contributed by atoms with van der Waals surface area (Å²) in [7, 11) is 0. The molecule has 0 saturated carbocycles. The molecular weight excluding hydrogens is 200 g/mol. The Balaban J connectivity index is 1.84. The number of hydrogen-bond donors (Lipinski definition) is 1. The van der Waals surface area contributed by atoms with Gasteiger partial charge in [0.25, 0.3) is 0 Å². The Hall–Kier alpha value is -0.860. The second-order valence-corrected chi connectivity index (χ2v) is 4.52. The van der Waals surface area contributed by atoms with Crippen molar-refractivity contribution in [1.82, 2.24) is 0 Å². The summed E-state index contributed by atoms with van der Waals surface area (Å²) in [5.41, 5.74) is 1.35. The molecule has 2 nitrogen and oxygen atoms in total. The third-order valence-corrected chi connectivity index (χ3v) is 3.37. The highest BCUT2D eigenvalue weighted by Crippen LogP contribution is 2.24. The van der Waals surface area contributed by atoms with Crippen LogP contribution in [0.3, 0.4) is 0 Å². The van der Waals surface area contributed by atoms with Gasteiger partial charge in [0, 0.05) is 19.1 Å². The van der Waals surface area contributed by atoms with Crippen molar-refractivity contribution in [3.05, 3.63) is 35.9 Å².